The topological polar surface area (TPSA) is 51.7 Å². The highest BCUT2D eigenvalue weighted by molar-refractivity contribution is 5.74. The van der Waals surface area contributed by atoms with Crippen LogP contribution in [-0.2, 0) is 16.1 Å². The van der Waals surface area contributed by atoms with Crippen LogP contribution in [0.5, 0.6) is 5.88 Å². The second kappa shape index (κ2) is 10.0. The summed E-state index contributed by atoms with van der Waals surface area (Å²) in [7, 11) is 1.41. The molecule has 0 bridgehead atoms. The molecule has 0 aliphatic carbocycles. The zero-order valence-electron chi connectivity index (χ0n) is 19.3. The van der Waals surface area contributed by atoms with E-state index >= 15 is 4.39 Å². The van der Waals surface area contributed by atoms with E-state index in [2.05, 4.69) is 4.98 Å². The van der Waals surface area contributed by atoms with Crippen molar-refractivity contribution < 1.29 is 18.7 Å². The van der Waals surface area contributed by atoms with E-state index in [-0.39, 0.29) is 23.6 Å². The molecule has 0 saturated carbocycles. The van der Waals surface area contributed by atoms with Crippen LogP contribution in [0, 0.1) is 24.6 Å². The van der Waals surface area contributed by atoms with Gasteiger partial charge in [-0.05, 0) is 54.7 Å². The Morgan fingerprint density at radius 2 is 1.94 bits per heavy atom. The van der Waals surface area contributed by atoms with Gasteiger partial charge >= 0.3 is 5.97 Å². The predicted octanol–water partition coefficient (Wildman–Crippen LogP) is 5.41. The lowest BCUT2D eigenvalue weighted by molar-refractivity contribution is -0.147. The Labute approximate surface area is 194 Å². The van der Waals surface area contributed by atoms with Gasteiger partial charge in [0.25, 0.3) is 0 Å². The number of nitrogens with zero attached hydrogens (tertiary/aromatic N) is 2. The minimum atomic E-state index is -0.300. The Morgan fingerprint density at radius 3 is 2.64 bits per heavy atom. The maximum Gasteiger partial charge on any atom is 0.309 e. The molecule has 2 aromatic carbocycles. The summed E-state index contributed by atoms with van der Waals surface area (Å²) >= 11 is 0. The van der Waals surface area contributed by atoms with Crippen LogP contribution in [0.2, 0.25) is 0 Å². The molecule has 2 unspecified atom stereocenters. The van der Waals surface area contributed by atoms with Crippen LogP contribution < -0.4 is 9.64 Å². The number of ether oxygens (including phenoxy) is 2. The molecule has 0 radical (unpaired) electrons. The Hall–Kier alpha value is -3.41. The highest BCUT2D eigenvalue weighted by Gasteiger charge is 2.32. The highest BCUT2D eigenvalue weighted by atomic mass is 19.1. The molecular weight excluding hydrogens is 419 g/mol. The van der Waals surface area contributed by atoms with Gasteiger partial charge < -0.3 is 14.4 Å². The van der Waals surface area contributed by atoms with Gasteiger partial charge in [0.15, 0.2) is 0 Å². The van der Waals surface area contributed by atoms with Crippen molar-refractivity contribution in [2.75, 3.05) is 25.1 Å². The van der Waals surface area contributed by atoms with Crippen molar-refractivity contribution >= 4 is 11.7 Å². The summed E-state index contributed by atoms with van der Waals surface area (Å²) in [5.74, 6) is -0.0571. The van der Waals surface area contributed by atoms with Crippen molar-refractivity contribution in [3.8, 4) is 17.0 Å². The first-order valence-electron chi connectivity index (χ1n) is 11.2. The summed E-state index contributed by atoms with van der Waals surface area (Å²) in [6.45, 7) is 5.51. The molecule has 2 heterocycles. The number of esters is 1. The molecule has 0 amide bonds. The molecule has 0 N–H and O–H groups in total. The highest BCUT2D eigenvalue weighted by Crippen LogP contribution is 2.34. The van der Waals surface area contributed by atoms with Gasteiger partial charge in [-0.3, -0.25) is 4.79 Å². The number of aromatic nitrogens is 1. The molecule has 172 valence electrons. The first kappa shape index (κ1) is 22.8. The fraction of sp³-hybridized carbons (Fsp3) is 0.333. The number of methoxy groups -OCH3 is 1. The third-order valence-corrected chi connectivity index (χ3v) is 6.23. The van der Waals surface area contributed by atoms with Crippen LogP contribution >= 0.6 is 0 Å². The number of carbonyl (C=O) groups excluding carboxylic acids is 1. The molecule has 1 aliphatic heterocycles. The number of hydrogen-bond donors (Lipinski definition) is 0. The van der Waals surface area contributed by atoms with Crippen LogP contribution in [0.4, 0.5) is 10.1 Å². The molecule has 3 aromatic rings. The quantitative estimate of drug-likeness (QED) is 0.472. The number of anilines is 1. The number of halogens is 1. The second-order valence-corrected chi connectivity index (χ2v) is 8.59. The molecule has 33 heavy (non-hydrogen) atoms. The third kappa shape index (κ3) is 5.16. The smallest absolute Gasteiger partial charge is 0.309 e. The number of benzene rings is 2. The van der Waals surface area contributed by atoms with Crippen molar-refractivity contribution in [2.45, 2.75) is 26.9 Å². The zero-order chi connectivity index (χ0) is 23.4. The van der Waals surface area contributed by atoms with Crippen molar-refractivity contribution in [3.63, 3.8) is 0 Å². The SMILES string of the molecule is COC(=O)C1CCN(c2ccc(-c3ccc(C)nc3OCc3ccccc3)cc2F)CC1C. The average molecular weight is 449 g/mol. The van der Waals surface area contributed by atoms with Crippen molar-refractivity contribution in [2.24, 2.45) is 11.8 Å². The maximum atomic E-state index is 15.2. The number of piperidine rings is 1. The summed E-state index contributed by atoms with van der Waals surface area (Å²) in [5.41, 5.74) is 3.88. The summed E-state index contributed by atoms with van der Waals surface area (Å²) in [6, 6.07) is 18.9. The first-order chi connectivity index (χ1) is 16.0. The van der Waals surface area contributed by atoms with Gasteiger partial charge in [-0.15, -0.1) is 0 Å². The van der Waals surface area contributed by atoms with Crippen LogP contribution in [0.3, 0.4) is 0 Å². The molecule has 1 fully saturated rings. The Balaban J connectivity index is 1.54. The third-order valence-electron chi connectivity index (χ3n) is 6.23. The van der Waals surface area contributed by atoms with Gasteiger partial charge in [0, 0.05) is 24.3 Å². The zero-order valence-corrected chi connectivity index (χ0v) is 19.3. The summed E-state index contributed by atoms with van der Waals surface area (Å²) in [5, 5.41) is 0. The number of aryl methyl sites for hydroxylation is 1. The second-order valence-electron chi connectivity index (χ2n) is 8.59. The molecular formula is C27H29FN2O3. The van der Waals surface area contributed by atoms with Gasteiger partial charge in [0.2, 0.25) is 5.88 Å². The van der Waals surface area contributed by atoms with Gasteiger partial charge in [0.05, 0.1) is 18.7 Å². The first-order valence-corrected chi connectivity index (χ1v) is 11.2. The largest absolute Gasteiger partial charge is 0.472 e. The molecule has 0 spiro atoms. The fourth-order valence-corrected chi connectivity index (χ4v) is 4.39. The summed E-state index contributed by atoms with van der Waals surface area (Å²) in [6.07, 6.45) is 0.647. The van der Waals surface area contributed by atoms with Gasteiger partial charge in [0.1, 0.15) is 12.4 Å². The Kier molecular flexibility index (Phi) is 6.92. The molecule has 1 saturated heterocycles. The number of rotatable bonds is 6. The van der Waals surface area contributed by atoms with E-state index in [9.17, 15) is 4.79 Å². The van der Waals surface area contributed by atoms with Gasteiger partial charge in [-0.1, -0.05) is 43.3 Å². The van der Waals surface area contributed by atoms with E-state index in [1.54, 1.807) is 6.07 Å². The molecule has 1 aromatic heterocycles. The van der Waals surface area contributed by atoms with Crippen molar-refractivity contribution in [3.05, 3.63) is 77.7 Å². The summed E-state index contributed by atoms with van der Waals surface area (Å²) < 4.78 is 26.2. The maximum absolute atomic E-state index is 15.2. The Bertz CT molecular complexity index is 1120. The van der Waals surface area contributed by atoms with E-state index in [0.29, 0.717) is 43.2 Å². The minimum absolute atomic E-state index is 0.0876. The lowest BCUT2D eigenvalue weighted by Gasteiger charge is -2.37. The molecule has 4 rings (SSSR count). The lowest BCUT2D eigenvalue weighted by Crippen LogP contribution is -2.42. The molecule has 5 nitrogen and oxygen atoms in total. The van der Waals surface area contributed by atoms with E-state index in [4.69, 9.17) is 9.47 Å². The molecule has 6 heteroatoms. The average Bonchev–Trinajstić information content (AvgIpc) is 2.83. The van der Waals surface area contributed by atoms with E-state index in [1.165, 1.54) is 13.2 Å². The Morgan fingerprint density at radius 1 is 1.15 bits per heavy atom. The van der Waals surface area contributed by atoms with Crippen LogP contribution in [0.1, 0.15) is 24.6 Å². The van der Waals surface area contributed by atoms with E-state index in [0.717, 1.165) is 16.8 Å². The monoisotopic (exact) mass is 448 g/mol. The number of carbonyl (C=O) groups is 1. The number of hydrogen-bond acceptors (Lipinski definition) is 5. The minimum Gasteiger partial charge on any atom is -0.472 e. The van der Waals surface area contributed by atoms with E-state index in [1.807, 2.05) is 67.3 Å². The fourth-order valence-electron chi connectivity index (χ4n) is 4.39. The van der Waals surface area contributed by atoms with Gasteiger partial charge in [-0.25, -0.2) is 9.37 Å². The van der Waals surface area contributed by atoms with E-state index < -0.39 is 0 Å². The van der Waals surface area contributed by atoms with Crippen molar-refractivity contribution in [1.82, 2.24) is 4.98 Å². The molecule has 2 atom stereocenters. The number of pyridine rings is 1. The van der Waals surface area contributed by atoms with Gasteiger partial charge in [-0.2, -0.15) is 0 Å². The predicted molar refractivity (Wildman–Crippen MR) is 127 cm³/mol. The standard InChI is InChI=1S/C27H29FN2O3/c1-18-16-30(14-13-22(18)27(31)32-3)25-12-10-21(15-24(25)28)23-11-9-19(2)29-26(23)33-17-20-7-5-4-6-8-20/h4-12,15,18,22H,13-14,16-17H2,1-3H3. The summed E-state index contributed by atoms with van der Waals surface area (Å²) in [4.78, 5) is 18.5. The molecule has 1 aliphatic rings. The van der Waals surface area contributed by atoms with Crippen LogP contribution in [0.25, 0.3) is 11.1 Å². The van der Waals surface area contributed by atoms with Crippen LogP contribution in [0.15, 0.2) is 60.7 Å². The lowest BCUT2D eigenvalue weighted by atomic mass is 9.86. The van der Waals surface area contributed by atoms with Crippen LogP contribution in [-0.4, -0.2) is 31.2 Å². The van der Waals surface area contributed by atoms with Crippen molar-refractivity contribution in [1.29, 1.82) is 0 Å². The normalized spacial score (nSPS) is 18.1.